The molecule has 0 spiro atoms. The zero-order chi connectivity index (χ0) is 18.8. The van der Waals surface area contributed by atoms with Crippen molar-refractivity contribution in [3.8, 4) is 5.69 Å². The normalized spacial score (nSPS) is 10.7. The maximum absolute atomic E-state index is 12.4. The second-order valence-electron chi connectivity index (χ2n) is 6.25. The van der Waals surface area contributed by atoms with Gasteiger partial charge in [-0.1, -0.05) is 30.3 Å². The second-order valence-corrected chi connectivity index (χ2v) is 6.25. The minimum atomic E-state index is -0.231. The van der Waals surface area contributed by atoms with E-state index in [0.29, 0.717) is 22.4 Å². The van der Waals surface area contributed by atoms with E-state index in [2.05, 4.69) is 25.9 Å². The van der Waals surface area contributed by atoms with Crippen LogP contribution in [0.25, 0.3) is 16.7 Å². The lowest BCUT2D eigenvalue weighted by Gasteiger charge is -2.10. The van der Waals surface area contributed by atoms with Gasteiger partial charge in [0.1, 0.15) is 6.33 Å². The summed E-state index contributed by atoms with van der Waals surface area (Å²) in [6.45, 7) is 3.92. The van der Waals surface area contributed by atoms with Gasteiger partial charge >= 0.3 is 0 Å². The van der Waals surface area contributed by atoms with E-state index in [1.54, 1.807) is 16.9 Å². The highest BCUT2D eigenvalue weighted by Crippen LogP contribution is 2.21. The first-order chi connectivity index (χ1) is 13.1. The number of fused-ring (bicyclic) bond motifs is 1. The molecule has 134 valence electrons. The van der Waals surface area contributed by atoms with E-state index in [-0.39, 0.29) is 5.91 Å². The lowest BCUT2D eigenvalue weighted by molar-refractivity contribution is 0.0962. The topological polar surface area (TPSA) is 84.7 Å². The van der Waals surface area contributed by atoms with Crippen LogP contribution in [0.5, 0.6) is 0 Å². The van der Waals surface area contributed by atoms with Crippen molar-refractivity contribution in [2.45, 2.75) is 13.8 Å². The van der Waals surface area contributed by atoms with Crippen molar-refractivity contribution in [2.75, 3.05) is 5.43 Å². The first-order valence-corrected chi connectivity index (χ1v) is 8.51. The molecule has 0 unspecified atom stereocenters. The highest BCUT2D eigenvalue weighted by atomic mass is 16.2. The molecule has 2 heterocycles. The number of hydrogen-bond acceptors (Lipinski definition) is 5. The van der Waals surface area contributed by atoms with Crippen LogP contribution in [-0.2, 0) is 0 Å². The number of hydrazine groups is 1. The fraction of sp³-hybridized carbons (Fsp3) is 0.100. The Hall–Kier alpha value is -3.74. The van der Waals surface area contributed by atoms with Gasteiger partial charge in [0, 0.05) is 5.56 Å². The Balaban J connectivity index is 1.62. The van der Waals surface area contributed by atoms with Crippen molar-refractivity contribution in [3.63, 3.8) is 0 Å². The Morgan fingerprint density at radius 2 is 1.89 bits per heavy atom. The molecule has 0 fully saturated rings. The van der Waals surface area contributed by atoms with E-state index >= 15 is 0 Å². The molecule has 0 atom stereocenters. The van der Waals surface area contributed by atoms with Gasteiger partial charge in [-0.05, 0) is 43.2 Å². The van der Waals surface area contributed by atoms with Gasteiger partial charge in [-0.25, -0.2) is 14.6 Å². The summed E-state index contributed by atoms with van der Waals surface area (Å²) in [5.74, 6) is 0.256. The smallest absolute Gasteiger partial charge is 0.269 e. The van der Waals surface area contributed by atoms with Crippen molar-refractivity contribution < 1.29 is 4.79 Å². The lowest BCUT2D eigenvalue weighted by Crippen LogP contribution is -2.30. The minimum absolute atomic E-state index is 0.231. The molecule has 0 radical (unpaired) electrons. The lowest BCUT2D eigenvalue weighted by atomic mass is 10.1. The molecule has 27 heavy (non-hydrogen) atoms. The number of aromatic nitrogens is 4. The predicted octanol–water partition coefficient (Wildman–Crippen LogP) is 3.19. The second kappa shape index (κ2) is 6.87. The number of aryl methyl sites for hydroxylation is 2. The fourth-order valence-corrected chi connectivity index (χ4v) is 2.90. The third-order valence-electron chi connectivity index (χ3n) is 4.30. The molecule has 2 aromatic heterocycles. The molecule has 1 amide bonds. The number of nitrogens with one attached hydrogen (secondary N) is 2. The van der Waals surface area contributed by atoms with Crippen molar-refractivity contribution in [3.05, 3.63) is 77.7 Å². The number of carbonyl (C=O) groups is 1. The summed E-state index contributed by atoms with van der Waals surface area (Å²) in [4.78, 5) is 21.0. The van der Waals surface area contributed by atoms with Crippen LogP contribution in [0.4, 0.5) is 5.82 Å². The van der Waals surface area contributed by atoms with E-state index in [4.69, 9.17) is 0 Å². The molecule has 0 aliphatic heterocycles. The average molecular weight is 358 g/mol. The number of carbonyl (C=O) groups excluding carboxylic acids is 1. The van der Waals surface area contributed by atoms with Gasteiger partial charge in [0.25, 0.3) is 5.91 Å². The molecule has 0 saturated heterocycles. The standard InChI is InChI=1S/C20H18N6O/c1-13-6-5-8-15(10-13)26-19-17(11-23-26)18(21-12-22-19)24-25-20(27)16-9-4-3-7-14(16)2/h3-12H,1-2H3,(H,25,27)(H,21,22,24). The van der Waals surface area contributed by atoms with Crippen LogP contribution >= 0.6 is 0 Å². The van der Waals surface area contributed by atoms with Crippen molar-refractivity contribution >= 4 is 22.8 Å². The van der Waals surface area contributed by atoms with E-state index in [1.165, 1.54) is 6.33 Å². The van der Waals surface area contributed by atoms with Gasteiger partial charge in [0.15, 0.2) is 11.5 Å². The van der Waals surface area contributed by atoms with E-state index in [1.807, 2.05) is 56.3 Å². The predicted molar refractivity (Wildman–Crippen MR) is 104 cm³/mol. The molecular weight excluding hydrogens is 340 g/mol. The molecule has 0 aliphatic carbocycles. The molecule has 2 N–H and O–H groups in total. The molecule has 7 heteroatoms. The third kappa shape index (κ3) is 3.22. The zero-order valence-corrected chi connectivity index (χ0v) is 15.0. The summed E-state index contributed by atoms with van der Waals surface area (Å²) >= 11 is 0. The number of benzene rings is 2. The highest BCUT2D eigenvalue weighted by Gasteiger charge is 2.13. The first kappa shape index (κ1) is 16.7. The summed E-state index contributed by atoms with van der Waals surface area (Å²) in [6.07, 6.45) is 3.12. The van der Waals surface area contributed by atoms with Crippen molar-refractivity contribution in [2.24, 2.45) is 0 Å². The number of anilines is 1. The van der Waals surface area contributed by atoms with Gasteiger partial charge in [0.05, 0.1) is 17.3 Å². The van der Waals surface area contributed by atoms with Crippen LogP contribution in [0.2, 0.25) is 0 Å². The van der Waals surface area contributed by atoms with Crippen LogP contribution in [0.1, 0.15) is 21.5 Å². The van der Waals surface area contributed by atoms with E-state index < -0.39 is 0 Å². The summed E-state index contributed by atoms with van der Waals surface area (Å²) in [5, 5.41) is 5.14. The Kier molecular flexibility index (Phi) is 4.25. The summed E-state index contributed by atoms with van der Waals surface area (Å²) in [7, 11) is 0. The Labute approximate surface area is 156 Å². The van der Waals surface area contributed by atoms with Gasteiger partial charge in [-0.2, -0.15) is 5.10 Å². The van der Waals surface area contributed by atoms with Crippen LogP contribution in [0, 0.1) is 13.8 Å². The molecule has 2 aromatic carbocycles. The molecular formula is C20H18N6O. The largest absolute Gasteiger partial charge is 0.281 e. The van der Waals surface area contributed by atoms with Gasteiger partial charge in [-0.15, -0.1) is 0 Å². The van der Waals surface area contributed by atoms with Crippen LogP contribution in [-0.4, -0.2) is 25.7 Å². The van der Waals surface area contributed by atoms with Crippen LogP contribution in [0.15, 0.2) is 61.1 Å². The van der Waals surface area contributed by atoms with Crippen molar-refractivity contribution in [1.29, 1.82) is 0 Å². The minimum Gasteiger partial charge on any atom is -0.281 e. The Bertz CT molecular complexity index is 1130. The van der Waals surface area contributed by atoms with E-state index in [0.717, 1.165) is 16.8 Å². The summed E-state index contributed by atoms with van der Waals surface area (Å²) in [5.41, 5.74) is 9.78. The van der Waals surface area contributed by atoms with Crippen molar-refractivity contribution in [1.82, 2.24) is 25.2 Å². The maximum atomic E-state index is 12.4. The fourth-order valence-electron chi connectivity index (χ4n) is 2.90. The SMILES string of the molecule is Cc1cccc(-n2ncc3c(NNC(=O)c4ccccc4C)ncnc32)c1. The number of hydrogen-bond donors (Lipinski definition) is 2. The van der Waals surface area contributed by atoms with Gasteiger partial charge in [0.2, 0.25) is 0 Å². The maximum Gasteiger partial charge on any atom is 0.269 e. The van der Waals surface area contributed by atoms with Crippen LogP contribution < -0.4 is 10.9 Å². The third-order valence-corrected chi connectivity index (χ3v) is 4.30. The quantitative estimate of drug-likeness (QED) is 0.547. The number of rotatable bonds is 4. The zero-order valence-electron chi connectivity index (χ0n) is 15.0. The monoisotopic (exact) mass is 358 g/mol. The van der Waals surface area contributed by atoms with Gasteiger partial charge in [-0.3, -0.25) is 15.6 Å². The number of nitrogens with zero attached hydrogens (tertiary/aromatic N) is 4. The molecule has 0 aliphatic rings. The summed E-state index contributed by atoms with van der Waals surface area (Å²) in [6, 6.07) is 15.4. The first-order valence-electron chi connectivity index (χ1n) is 8.51. The summed E-state index contributed by atoms with van der Waals surface area (Å²) < 4.78 is 1.75. The molecule has 4 rings (SSSR count). The molecule has 7 nitrogen and oxygen atoms in total. The Morgan fingerprint density at radius 1 is 1.04 bits per heavy atom. The molecule has 0 saturated carbocycles. The number of amides is 1. The molecule has 4 aromatic rings. The van der Waals surface area contributed by atoms with E-state index in [9.17, 15) is 4.79 Å². The Morgan fingerprint density at radius 3 is 2.70 bits per heavy atom. The van der Waals surface area contributed by atoms with Gasteiger partial charge < -0.3 is 0 Å². The highest BCUT2D eigenvalue weighted by molar-refractivity contribution is 5.97. The molecule has 0 bridgehead atoms. The average Bonchev–Trinajstić information content (AvgIpc) is 3.11. The van der Waals surface area contributed by atoms with Crippen LogP contribution in [0.3, 0.4) is 0 Å².